The molecule has 0 unspecified atom stereocenters. The largest absolute Gasteiger partial charge is 0.507 e. The van der Waals surface area contributed by atoms with Gasteiger partial charge in [-0.15, -0.1) is 0 Å². The van der Waals surface area contributed by atoms with E-state index in [1.807, 2.05) is 18.2 Å². The van der Waals surface area contributed by atoms with Gasteiger partial charge in [0.05, 0.1) is 16.3 Å². The van der Waals surface area contributed by atoms with Crippen LogP contribution in [0.15, 0.2) is 88.2 Å². The number of carbonyl (C=O) groups is 1. The van der Waals surface area contributed by atoms with Crippen LogP contribution in [0.5, 0.6) is 5.75 Å². The first-order valence-corrected chi connectivity index (χ1v) is 9.28. The first-order chi connectivity index (χ1) is 13.3. The molecular weight excluding hydrogens is 384 g/mol. The number of rotatable bonds is 4. The highest BCUT2D eigenvalue weighted by Crippen LogP contribution is 2.25. The van der Waals surface area contributed by atoms with Crippen molar-refractivity contribution < 1.29 is 23.4 Å². The molecule has 0 bridgehead atoms. The number of carboxylic acid groups (broad SMARTS) is 1. The average molecular weight is 400 g/mol. The Morgan fingerprint density at radius 3 is 1.96 bits per heavy atom. The molecule has 0 aliphatic carbocycles. The summed E-state index contributed by atoms with van der Waals surface area (Å²) in [5, 5.41) is 30.9. The Morgan fingerprint density at radius 1 is 0.929 bits per heavy atom. The third-order valence-corrected chi connectivity index (χ3v) is 4.15. The molecule has 0 spiro atoms. The maximum absolute atomic E-state index is 11.1. The van der Waals surface area contributed by atoms with Gasteiger partial charge in [-0.05, 0) is 54.6 Å². The molecule has 0 saturated carbocycles. The monoisotopic (exact) mass is 400 g/mol. The van der Waals surface area contributed by atoms with Crippen LogP contribution in [0.25, 0.3) is 0 Å². The summed E-state index contributed by atoms with van der Waals surface area (Å²) < 4.78 is 22.2. The van der Waals surface area contributed by atoms with E-state index in [9.17, 15) is 18.3 Å². The quantitative estimate of drug-likeness (QED) is 0.571. The number of aromatic carboxylic acids is 1. The van der Waals surface area contributed by atoms with Gasteiger partial charge in [0.25, 0.3) is 0 Å². The maximum atomic E-state index is 11.1. The van der Waals surface area contributed by atoms with Gasteiger partial charge in [0.2, 0.25) is 10.0 Å². The molecule has 2 aromatic carbocycles. The third kappa shape index (κ3) is 6.27. The fraction of sp³-hybridized carbons (Fsp3) is 0. The Kier molecular flexibility index (Phi) is 6.90. The lowest BCUT2D eigenvalue weighted by Gasteiger charge is -2.00. The molecular formula is C18H16N4O5S. The van der Waals surface area contributed by atoms with Crippen molar-refractivity contribution in [3.8, 4) is 5.75 Å². The minimum absolute atomic E-state index is 0.0516. The van der Waals surface area contributed by atoms with Crippen LogP contribution in [0.1, 0.15) is 10.4 Å². The summed E-state index contributed by atoms with van der Waals surface area (Å²) in [4.78, 5) is 14.6. The first-order valence-electron chi connectivity index (χ1n) is 7.73. The molecule has 3 aromatic rings. The van der Waals surface area contributed by atoms with Crippen LogP contribution in [0, 0.1) is 0 Å². The molecule has 10 heteroatoms. The van der Waals surface area contributed by atoms with Crippen molar-refractivity contribution in [1.82, 2.24) is 4.98 Å². The molecule has 0 atom stereocenters. The molecule has 0 saturated heterocycles. The standard InChI is InChI=1S/C13H11N3O5S.C5H5N/c14-22(20,21)10-4-1-8(2-5-10)15-16-9-3-6-12(17)11(7-9)13(18)19;1-2-4-6-5-3-1/h1-7,17H,(H,18,19)(H2,14,20,21);1-5H. The number of nitrogens with two attached hydrogens (primary N) is 1. The van der Waals surface area contributed by atoms with Gasteiger partial charge in [-0.3, -0.25) is 4.98 Å². The van der Waals surface area contributed by atoms with E-state index >= 15 is 0 Å². The lowest BCUT2D eigenvalue weighted by Crippen LogP contribution is -2.11. The zero-order chi connectivity index (χ0) is 20.6. The molecule has 28 heavy (non-hydrogen) atoms. The zero-order valence-corrected chi connectivity index (χ0v) is 15.2. The minimum Gasteiger partial charge on any atom is -0.507 e. The first kappa shape index (κ1) is 20.7. The summed E-state index contributed by atoms with van der Waals surface area (Å²) in [6, 6.07) is 14.8. The van der Waals surface area contributed by atoms with Crippen molar-refractivity contribution in [2.45, 2.75) is 4.90 Å². The number of carboxylic acids is 1. The average Bonchev–Trinajstić information content (AvgIpc) is 2.68. The number of hydrogen-bond acceptors (Lipinski definition) is 7. The second-order valence-electron chi connectivity index (χ2n) is 5.27. The number of azo groups is 1. The number of primary sulfonamides is 1. The Morgan fingerprint density at radius 2 is 1.50 bits per heavy atom. The second kappa shape index (κ2) is 9.35. The predicted molar refractivity (Wildman–Crippen MR) is 101 cm³/mol. The molecule has 4 N–H and O–H groups in total. The SMILES string of the molecule is NS(=O)(=O)c1ccc(N=Nc2ccc(O)c(C(=O)O)c2)cc1.c1ccncc1. The number of pyridine rings is 1. The number of aromatic nitrogens is 1. The van der Waals surface area contributed by atoms with Crippen molar-refractivity contribution >= 4 is 27.4 Å². The Hall–Kier alpha value is -3.63. The minimum atomic E-state index is -3.77. The lowest BCUT2D eigenvalue weighted by atomic mass is 10.2. The van der Waals surface area contributed by atoms with Gasteiger partial charge in [-0.2, -0.15) is 10.2 Å². The van der Waals surface area contributed by atoms with Crippen molar-refractivity contribution in [1.29, 1.82) is 0 Å². The highest BCUT2D eigenvalue weighted by molar-refractivity contribution is 7.89. The van der Waals surface area contributed by atoms with Gasteiger partial charge < -0.3 is 10.2 Å². The van der Waals surface area contributed by atoms with Crippen LogP contribution >= 0.6 is 0 Å². The molecule has 3 rings (SSSR count). The van der Waals surface area contributed by atoms with Crippen LogP contribution in [0.4, 0.5) is 11.4 Å². The molecule has 1 heterocycles. The summed E-state index contributed by atoms with van der Waals surface area (Å²) >= 11 is 0. The number of aromatic hydroxyl groups is 1. The van der Waals surface area contributed by atoms with E-state index in [2.05, 4.69) is 15.2 Å². The Balaban J connectivity index is 0.000000397. The van der Waals surface area contributed by atoms with E-state index in [1.165, 1.54) is 42.5 Å². The Labute approximate surface area is 160 Å². The van der Waals surface area contributed by atoms with Crippen LogP contribution in [-0.2, 0) is 10.0 Å². The van der Waals surface area contributed by atoms with Gasteiger partial charge in [0, 0.05) is 12.4 Å². The van der Waals surface area contributed by atoms with Gasteiger partial charge in [-0.25, -0.2) is 18.4 Å². The molecule has 0 aliphatic heterocycles. The number of phenols is 1. The molecule has 0 amide bonds. The van der Waals surface area contributed by atoms with Crippen LogP contribution in [0.3, 0.4) is 0 Å². The Bertz CT molecular complexity index is 1040. The summed E-state index contributed by atoms with van der Waals surface area (Å²) in [6.45, 7) is 0. The molecule has 1 aromatic heterocycles. The lowest BCUT2D eigenvalue weighted by molar-refractivity contribution is 0.0693. The van der Waals surface area contributed by atoms with Gasteiger partial charge in [0.1, 0.15) is 11.3 Å². The second-order valence-corrected chi connectivity index (χ2v) is 6.83. The van der Waals surface area contributed by atoms with Gasteiger partial charge in [0.15, 0.2) is 0 Å². The predicted octanol–water partition coefficient (Wildman–Crippen LogP) is 3.23. The number of hydrogen-bond donors (Lipinski definition) is 3. The summed E-state index contributed by atoms with van der Waals surface area (Å²) in [7, 11) is -3.77. The van der Waals surface area contributed by atoms with Crippen LogP contribution in [-0.4, -0.2) is 29.6 Å². The summed E-state index contributed by atoms with van der Waals surface area (Å²) in [5.41, 5.74) is 0.295. The summed E-state index contributed by atoms with van der Waals surface area (Å²) in [6.07, 6.45) is 3.50. The van der Waals surface area contributed by atoms with Gasteiger partial charge in [-0.1, -0.05) is 6.07 Å². The molecule has 0 fully saturated rings. The van der Waals surface area contributed by atoms with E-state index in [0.717, 1.165) is 0 Å². The fourth-order valence-electron chi connectivity index (χ4n) is 1.89. The zero-order valence-electron chi connectivity index (χ0n) is 14.4. The van der Waals surface area contributed by atoms with E-state index in [4.69, 9.17) is 10.2 Å². The van der Waals surface area contributed by atoms with E-state index in [-0.39, 0.29) is 21.9 Å². The molecule has 0 aliphatic rings. The van der Waals surface area contributed by atoms with Crippen molar-refractivity contribution in [3.63, 3.8) is 0 Å². The van der Waals surface area contributed by atoms with E-state index in [1.54, 1.807) is 12.4 Å². The van der Waals surface area contributed by atoms with E-state index in [0.29, 0.717) is 5.69 Å². The smallest absolute Gasteiger partial charge is 0.339 e. The van der Waals surface area contributed by atoms with Crippen molar-refractivity contribution in [2.24, 2.45) is 15.4 Å². The number of benzene rings is 2. The molecule has 144 valence electrons. The van der Waals surface area contributed by atoms with Crippen molar-refractivity contribution in [2.75, 3.05) is 0 Å². The topological polar surface area (TPSA) is 155 Å². The highest BCUT2D eigenvalue weighted by atomic mass is 32.2. The fourth-order valence-corrected chi connectivity index (χ4v) is 2.40. The van der Waals surface area contributed by atoms with Gasteiger partial charge >= 0.3 is 5.97 Å². The number of nitrogens with zero attached hydrogens (tertiary/aromatic N) is 3. The molecule has 0 radical (unpaired) electrons. The third-order valence-electron chi connectivity index (χ3n) is 3.22. The molecule has 9 nitrogen and oxygen atoms in total. The summed E-state index contributed by atoms with van der Waals surface area (Å²) in [5.74, 6) is -1.66. The van der Waals surface area contributed by atoms with Crippen LogP contribution < -0.4 is 5.14 Å². The number of sulfonamides is 1. The van der Waals surface area contributed by atoms with Crippen LogP contribution in [0.2, 0.25) is 0 Å². The normalized spacial score (nSPS) is 10.9. The van der Waals surface area contributed by atoms with Crippen molar-refractivity contribution in [3.05, 3.63) is 78.6 Å². The maximum Gasteiger partial charge on any atom is 0.339 e. The highest BCUT2D eigenvalue weighted by Gasteiger charge is 2.10. The van der Waals surface area contributed by atoms with E-state index < -0.39 is 16.0 Å².